The van der Waals surface area contributed by atoms with Gasteiger partial charge in [0.05, 0.1) is 13.2 Å². The fourth-order valence-corrected chi connectivity index (χ4v) is 2.76. The summed E-state index contributed by atoms with van der Waals surface area (Å²) in [6.45, 7) is 3.87. The first-order valence-electron chi connectivity index (χ1n) is 5.59. The molecule has 0 bridgehead atoms. The third kappa shape index (κ3) is 4.80. The molecule has 0 aliphatic rings. The molecule has 1 rings (SSSR count). The Bertz CT molecular complexity index is 402. The van der Waals surface area contributed by atoms with Crippen molar-refractivity contribution in [3.63, 3.8) is 0 Å². The zero-order valence-corrected chi connectivity index (χ0v) is 12.8. The minimum Gasteiger partial charge on any atom is -0.302 e. The fraction of sp³-hybridized carbons (Fsp3) is 0.455. The second-order valence-corrected chi connectivity index (χ2v) is 5.90. The number of rotatable bonds is 7. The van der Waals surface area contributed by atoms with Crippen molar-refractivity contribution in [2.75, 3.05) is 13.2 Å². The first-order valence-corrected chi connectivity index (χ1v) is 7.84. The summed E-state index contributed by atoms with van der Waals surface area (Å²) in [6, 6.07) is 7.20. The number of hydrogen-bond acceptors (Lipinski definition) is 5. The number of benzene rings is 1. The van der Waals surface area contributed by atoms with E-state index in [0.29, 0.717) is 5.56 Å². The highest BCUT2D eigenvalue weighted by Gasteiger charge is 2.29. The van der Waals surface area contributed by atoms with Gasteiger partial charge in [0.15, 0.2) is 0 Å². The van der Waals surface area contributed by atoms with Crippen molar-refractivity contribution >= 4 is 23.8 Å². The number of phosphoric acid groups is 1. The highest BCUT2D eigenvalue weighted by atomic mass is 79.9. The van der Waals surface area contributed by atoms with Gasteiger partial charge in [0.25, 0.3) is 0 Å². The van der Waals surface area contributed by atoms with Crippen LogP contribution in [-0.4, -0.2) is 13.2 Å². The smallest absolute Gasteiger partial charge is 0.302 e. The Morgan fingerprint density at radius 1 is 1.22 bits per heavy atom. The SMILES string of the molecule is CCOP(=O)(OCC)OC(N)c1ccc(Br)cc1. The molecule has 0 aliphatic heterocycles. The summed E-state index contributed by atoms with van der Waals surface area (Å²) in [5, 5.41) is 0. The Balaban J connectivity index is 2.74. The lowest BCUT2D eigenvalue weighted by Gasteiger charge is -2.20. The van der Waals surface area contributed by atoms with Crippen molar-refractivity contribution in [3.8, 4) is 0 Å². The van der Waals surface area contributed by atoms with Crippen LogP contribution < -0.4 is 5.73 Å². The molecule has 1 aromatic carbocycles. The van der Waals surface area contributed by atoms with E-state index in [2.05, 4.69) is 15.9 Å². The Hall–Kier alpha value is -0.230. The van der Waals surface area contributed by atoms with Crippen LogP contribution in [0, 0.1) is 0 Å². The lowest BCUT2D eigenvalue weighted by molar-refractivity contribution is 0.0861. The number of hydrogen-bond donors (Lipinski definition) is 1. The highest BCUT2D eigenvalue weighted by molar-refractivity contribution is 9.10. The summed E-state index contributed by atoms with van der Waals surface area (Å²) in [5.74, 6) is 0. The molecule has 0 aliphatic carbocycles. The van der Waals surface area contributed by atoms with Gasteiger partial charge in [-0.05, 0) is 31.5 Å². The lowest BCUT2D eigenvalue weighted by Crippen LogP contribution is -2.15. The number of halogens is 1. The van der Waals surface area contributed by atoms with E-state index in [1.165, 1.54) is 0 Å². The fourth-order valence-electron chi connectivity index (χ4n) is 1.27. The van der Waals surface area contributed by atoms with Gasteiger partial charge in [-0.15, -0.1) is 0 Å². The Kier molecular flexibility index (Phi) is 6.49. The van der Waals surface area contributed by atoms with Crippen LogP contribution in [0.15, 0.2) is 28.7 Å². The van der Waals surface area contributed by atoms with E-state index in [-0.39, 0.29) is 13.2 Å². The van der Waals surface area contributed by atoms with Crippen molar-refractivity contribution in [2.45, 2.75) is 20.1 Å². The molecule has 0 radical (unpaired) electrons. The van der Waals surface area contributed by atoms with Crippen LogP contribution in [-0.2, 0) is 18.1 Å². The summed E-state index contributed by atoms with van der Waals surface area (Å²) < 4.78 is 28.3. The molecular weight excluding hydrogens is 321 g/mol. The summed E-state index contributed by atoms with van der Waals surface area (Å²) in [7, 11) is -3.59. The topological polar surface area (TPSA) is 70.8 Å². The lowest BCUT2D eigenvalue weighted by atomic mass is 10.2. The molecule has 1 atom stereocenters. The zero-order valence-electron chi connectivity index (χ0n) is 10.3. The number of phosphoric ester groups is 1. The van der Waals surface area contributed by atoms with Crippen LogP contribution >= 0.6 is 23.8 Å². The maximum absolute atomic E-state index is 12.1. The first kappa shape index (κ1) is 15.8. The van der Waals surface area contributed by atoms with Crippen molar-refractivity contribution in [1.29, 1.82) is 0 Å². The molecule has 0 fully saturated rings. The van der Waals surface area contributed by atoms with E-state index in [0.717, 1.165) is 4.47 Å². The summed E-state index contributed by atoms with van der Waals surface area (Å²) in [4.78, 5) is 0. The predicted molar refractivity (Wildman–Crippen MR) is 73.0 cm³/mol. The molecule has 0 spiro atoms. The largest absolute Gasteiger partial charge is 0.476 e. The predicted octanol–water partition coefficient (Wildman–Crippen LogP) is 3.60. The summed E-state index contributed by atoms with van der Waals surface area (Å²) in [6.07, 6.45) is -0.859. The molecule has 102 valence electrons. The van der Waals surface area contributed by atoms with E-state index < -0.39 is 14.1 Å². The normalized spacial score (nSPS) is 13.6. The Morgan fingerprint density at radius 3 is 2.17 bits per heavy atom. The van der Waals surface area contributed by atoms with Gasteiger partial charge in [-0.1, -0.05) is 28.1 Å². The van der Waals surface area contributed by atoms with E-state index in [4.69, 9.17) is 19.3 Å². The van der Waals surface area contributed by atoms with E-state index in [1.807, 2.05) is 12.1 Å². The van der Waals surface area contributed by atoms with Crippen LogP contribution in [0.3, 0.4) is 0 Å². The summed E-state index contributed by atoms with van der Waals surface area (Å²) in [5.41, 5.74) is 6.51. The molecule has 7 heteroatoms. The molecule has 18 heavy (non-hydrogen) atoms. The van der Waals surface area contributed by atoms with Gasteiger partial charge in [0.1, 0.15) is 6.23 Å². The molecule has 0 saturated heterocycles. The maximum Gasteiger partial charge on any atom is 0.476 e. The van der Waals surface area contributed by atoms with Crippen molar-refractivity contribution in [3.05, 3.63) is 34.3 Å². The average Bonchev–Trinajstić information content (AvgIpc) is 2.30. The molecule has 0 saturated carbocycles. The van der Waals surface area contributed by atoms with Gasteiger partial charge in [0, 0.05) is 4.47 Å². The molecule has 0 aromatic heterocycles. The first-order chi connectivity index (χ1) is 8.50. The molecule has 1 unspecified atom stereocenters. The van der Waals surface area contributed by atoms with Gasteiger partial charge < -0.3 is 5.73 Å². The van der Waals surface area contributed by atoms with E-state index in [1.54, 1.807) is 26.0 Å². The molecule has 1 aromatic rings. The Morgan fingerprint density at radius 2 is 1.72 bits per heavy atom. The van der Waals surface area contributed by atoms with Gasteiger partial charge >= 0.3 is 7.82 Å². The maximum atomic E-state index is 12.1. The van der Waals surface area contributed by atoms with Gasteiger partial charge in [-0.3, -0.25) is 13.6 Å². The second-order valence-electron chi connectivity index (χ2n) is 3.36. The Labute approximate surface area is 115 Å². The molecular formula is C11H17BrNO4P. The van der Waals surface area contributed by atoms with Crippen molar-refractivity contribution in [2.24, 2.45) is 5.73 Å². The molecule has 5 nitrogen and oxygen atoms in total. The quantitative estimate of drug-likeness (QED) is 0.608. The minimum absolute atomic E-state index is 0.227. The second kappa shape index (κ2) is 7.38. The summed E-state index contributed by atoms with van der Waals surface area (Å²) >= 11 is 3.32. The number of nitrogens with two attached hydrogens (primary N) is 1. The zero-order chi connectivity index (χ0) is 13.6. The molecule has 0 amide bonds. The van der Waals surface area contributed by atoms with Gasteiger partial charge in [-0.2, -0.15) is 0 Å². The standard InChI is InChI=1S/C11H17BrNO4P/c1-3-15-18(14,16-4-2)17-11(13)9-5-7-10(12)8-6-9/h5-8,11H,3-4,13H2,1-2H3. The van der Waals surface area contributed by atoms with Crippen LogP contribution in [0.4, 0.5) is 0 Å². The van der Waals surface area contributed by atoms with E-state index in [9.17, 15) is 4.57 Å². The van der Waals surface area contributed by atoms with Gasteiger partial charge in [0.2, 0.25) is 0 Å². The third-order valence-electron chi connectivity index (χ3n) is 2.02. The van der Waals surface area contributed by atoms with Crippen molar-refractivity contribution in [1.82, 2.24) is 0 Å². The minimum atomic E-state index is -3.59. The monoisotopic (exact) mass is 337 g/mol. The van der Waals surface area contributed by atoms with Crippen LogP contribution in [0.2, 0.25) is 0 Å². The molecule has 0 heterocycles. The molecule has 2 N–H and O–H groups in total. The van der Waals surface area contributed by atoms with Crippen LogP contribution in [0.5, 0.6) is 0 Å². The van der Waals surface area contributed by atoms with Crippen molar-refractivity contribution < 1.29 is 18.1 Å². The van der Waals surface area contributed by atoms with Crippen LogP contribution in [0.25, 0.3) is 0 Å². The van der Waals surface area contributed by atoms with Gasteiger partial charge in [-0.25, -0.2) is 4.57 Å². The van der Waals surface area contributed by atoms with Crippen LogP contribution in [0.1, 0.15) is 25.6 Å². The third-order valence-corrected chi connectivity index (χ3v) is 4.18. The highest BCUT2D eigenvalue weighted by Crippen LogP contribution is 2.51. The van der Waals surface area contributed by atoms with E-state index >= 15 is 0 Å². The average molecular weight is 338 g/mol.